The molecule has 1 fully saturated rings. The molecule has 3 rings (SSSR count). The summed E-state index contributed by atoms with van der Waals surface area (Å²) in [4.78, 5) is 26.7. The zero-order valence-corrected chi connectivity index (χ0v) is 17.8. The summed E-state index contributed by atoms with van der Waals surface area (Å²) in [7, 11) is 0. The number of para-hydroxylation sites is 1. The van der Waals surface area contributed by atoms with E-state index in [-0.39, 0.29) is 24.5 Å². The monoisotopic (exact) mass is 434 g/mol. The summed E-state index contributed by atoms with van der Waals surface area (Å²) in [5, 5.41) is 3.81. The smallest absolute Gasteiger partial charge is 0.260 e. The second kappa shape index (κ2) is 9.99. The minimum absolute atomic E-state index is 0.0000282. The number of carbonyl (C=O) groups excluding carboxylic acids is 2. The summed E-state index contributed by atoms with van der Waals surface area (Å²) in [5.74, 6) is 0.489. The van der Waals surface area contributed by atoms with Crippen LogP contribution in [0.15, 0.2) is 42.5 Å². The van der Waals surface area contributed by atoms with Crippen LogP contribution in [0.2, 0.25) is 10.0 Å². The summed E-state index contributed by atoms with van der Waals surface area (Å²) < 4.78 is 5.73. The van der Waals surface area contributed by atoms with Crippen molar-refractivity contribution in [1.29, 1.82) is 0 Å². The lowest BCUT2D eigenvalue weighted by Crippen LogP contribution is -2.47. The fourth-order valence-electron chi connectivity index (χ4n) is 3.38. The fraction of sp³-hybridized carbons (Fsp3) is 0.364. The number of nitrogens with zero attached hydrogens (tertiary/aromatic N) is 1. The summed E-state index contributed by atoms with van der Waals surface area (Å²) in [6, 6.07) is 12.6. The highest BCUT2D eigenvalue weighted by Gasteiger charge is 2.25. The molecular formula is C22H24Cl2N2O3. The van der Waals surface area contributed by atoms with E-state index >= 15 is 0 Å². The number of amides is 2. The Balaban J connectivity index is 1.47. The lowest BCUT2D eigenvalue weighted by atomic mass is 10.0. The predicted molar refractivity (Wildman–Crippen MR) is 115 cm³/mol. The minimum atomic E-state index is -0.226. The number of piperidine rings is 1. The van der Waals surface area contributed by atoms with Crippen LogP contribution in [0.5, 0.6) is 5.75 Å². The molecule has 0 atom stereocenters. The van der Waals surface area contributed by atoms with Crippen LogP contribution < -0.4 is 10.1 Å². The maximum atomic E-state index is 12.5. The van der Waals surface area contributed by atoms with Gasteiger partial charge in [0.15, 0.2) is 6.61 Å². The zero-order valence-electron chi connectivity index (χ0n) is 16.3. The van der Waals surface area contributed by atoms with Crippen LogP contribution in [0.4, 0.5) is 0 Å². The van der Waals surface area contributed by atoms with Crippen molar-refractivity contribution in [3.8, 4) is 5.75 Å². The van der Waals surface area contributed by atoms with E-state index in [1.165, 1.54) is 0 Å². The molecule has 0 aromatic heterocycles. The Morgan fingerprint density at radius 2 is 1.86 bits per heavy atom. The van der Waals surface area contributed by atoms with Gasteiger partial charge in [-0.05, 0) is 49.1 Å². The molecule has 29 heavy (non-hydrogen) atoms. The van der Waals surface area contributed by atoms with Crippen molar-refractivity contribution >= 4 is 35.0 Å². The number of ether oxygens (including phenoxy) is 1. The summed E-state index contributed by atoms with van der Waals surface area (Å²) >= 11 is 12.0. The molecule has 0 radical (unpaired) electrons. The molecular weight excluding hydrogens is 411 g/mol. The van der Waals surface area contributed by atoms with Crippen LogP contribution >= 0.6 is 23.2 Å². The van der Waals surface area contributed by atoms with Crippen molar-refractivity contribution in [3.63, 3.8) is 0 Å². The van der Waals surface area contributed by atoms with Crippen molar-refractivity contribution in [1.82, 2.24) is 10.2 Å². The first kappa shape index (κ1) is 21.5. The van der Waals surface area contributed by atoms with Gasteiger partial charge in [0, 0.05) is 24.2 Å². The molecule has 2 aromatic carbocycles. The molecule has 154 valence electrons. The Morgan fingerprint density at radius 3 is 2.55 bits per heavy atom. The topological polar surface area (TPSA) is 58.6 Å². The SMILES string of the molecule is CCc1ccccc1OCC(=O)N1CCC(NC(=O)c2ccc(Cl)cc2Cl)CC1. The average Bonchev–Trinajstić information content (AvgIpc) is 2.72. The molecule has 1 N–H and O–H groups in total. The Morgan fingerprint density at radius 1 is 1.14 bits per heavy atom. The van der Waals surface area contributed by atoms with Crippen LogP contribution in [-0.2, 0) is 11.2 Å². The highest BCUT2D eigenvalue weighted by atomic mass is 35.5. The summed E-state index contributed by atoms with van der Waals surface area (Å²) in [6.07, 6.45) is 2.23. The van der Waals surface area contributed by atoms with E-state index in [0.29, 0.717) is 41.5 Å². The number of hydrogen-bond donors (Lipinski definition) is 1. The molecule has 0 bridgehead atoms. The molecule has 2 amide bonds. The average molecular weight is 435 g/mol. The zero-order chi connectivity index (χ0) is 20.8. The predicted octanol–water partition coefficient (Wildman–Crippen LogP) is 4.36. The number of hydrogen-bond acceptors (Lipinski definition) is 3. The maximum absolute atomic E-state index is 12.5. The molecule has 0 aliphatic carbocycles. The molecule has 0 spiro atoms. The summed E-state index contributed by atoms with van der Waals surface area (Å²) in [5.41, 5.74) is 1.49. The Bertz CT molecular complexity index is 880. The minimum Gasteiger partial charge on any atom is -0.483 e. The van der Waals surface area contributed by atoms with Gasteiger partial charge < -0.3 is 15.0 Å². The van der Waals surface area contributed by atoms with Crippen LogP contribution in [0.3, 0.4) is 0 Å². The van der Waals surface area contributed by atoms with Gasteiger partial charge in [-0.2, -0.15) is 0 Å². The van der Waals surface area contributed by atoms with Gasteiger partial charge >= 0.3 is 0 Å². The second-order valence-electron chi connectivity index (χ2n) is 7.00. The van der Waals surface area contributed by atoms with Gasteiger partial charge in [0.25, 0.3) is 11.8 Å². The molecule has 0 unspecified atom stereocenters. The van der Waals surface area contributed by atoms with E-state index in [0.717, 1.165) is 17.7 Å². The maximum Gasteiger partial charge on any atom is 0.260 e. The molecule has 2 aromatic rings. The first-order valence-electron chi connectivity index (χ1n) is 9.72. The van der Waals surface area contributed by atoms with E-state index < -0.39 is 0 Å². The Hall–Kier alpha value is -2.24. The van der Waals surface area contributed by atoms with Crippen molar-refractivity contribution in [2.75, 3.05) is 19.7 Å². The first-order chi connectivity index (χ1) is 14.0. The lowest BCUT2D eigenvalue weighted by molar-refractivity contribution is -0.134. The van der Waals surface area contributed by atoms with Crippen molar-refractivity contribution in [3.05, 3.63) is 63.6 Å². The molecule has 7 heteroatoms. The lowest BCUT2D eigenvalue weighted by Gasteiger charge is -2.32. The van der Waals surface area contributed by atoms with Crippen molar-refractivity contribution < 1.29 is 14.3 Å². The Kier molecular flexibility index (Phi) is 7.40. The highest BCUT2D eigenvalue weighted by Crippen LogP contribution is 2.22. The van der Waals surface area contributed by atoms with Crippen molar-refractivity contribution in [2.24, 2.45) is 0 Å². The molecule has 0 saturated carbocycles. The van der Waals surface area contributed by atoms with Crippen LogP contribution in [0.1, 0.15) is 35.7 Å². The van der Waals surface area contributed by atoms with E-state index in [4.69, 9.17) is 27.9 Å². The number of carbonyl (C=O) groups is 2. The molecule has 1 aliphatic heterocycles. The quantitative estimate of drug-likeness (QED) is 0.734. The van der Waals surface area contributed by atoms with Crippen molar-refractivity contribution in [2.45, 2.75) is 32.2 Å². The first-order valence-corrected chi connectivity index (χ1v) is 10.5. The third kappa shape index (κ3) is 5.64. The normalized spacial score (nSPS) is 14.5. The molecule has 5 nitrogen and oxygen atoms in total. The van der Waals surface area contributed by atoms with E-state index in [1.54, 1.807) is 23.1 Å². The van der Waals surface area contributed by atoms with Crippen LogP contribution in [0, 0.1) is 0 Å². The molecule has 1 saturated heterocycles. The van der Waals surface area contributed by atoms with E-state index in [1.807, 2.05) is 24.3 Å². The molecule has 1 heterocycles. The third-order valence-corrected chi connectivity index (χ3v) is 5.61. The number of benzene rings is 2. The Labute approximate surface area is 180 Å². The fourth-order valence-corrected chi connectivity index (χ4v) is 3.87. The van der Waals surface area contributed by atoms with Crippen LogP contribution in [0.25, 0.3) is 0 Å². The largest absolute Gasteiger partial charge is 0.483 e. The van der Waals surface area contributed by atoms with E-state index in [9.17, 15) is 9.59 Å². The summed E-state index contributed by atoms with van der Waals surface area (Å²) in [6.45, 7) is 3.24. The number of likely N-dealkylation sites (tertiary alicyclic amines) is 1. The van der Waals surface area contributed by atoms with Gasteiger partial charge in [-0.3, -0.25) is 9.59 Å². The number of rotatable bonds is 6. The third-order valence-electron chi connectivity index (χ3n) is 5.06. The van der Waals surface area contributed by atoms with Gasteiger partial charge in [0.2, 0.25) is 0 Å². The van der Waals surface area contributed by atoms with Gasteiger partial charge in [-0.1, -0.05) is 48.3 Å². The highest BCUT2D eigenvalue weighted by molar-refractivity contribution is 6.36. The van der Waals surface area contributed by atoms with Gasteiger partial charge in [0.05, 0.1) is 10.6 Å². The standard InChI is InChI=1S/C22H24Cl2N2O3/c1-2-15-5-3-4-6-20(15)29-14-21(27)26-11-9-17(10-12-26)25-22(28)18-8-7-16(23)13-19(18)24/h3-8,13,17H,2,9-12,14H2,1H3,(H,25,28). The van der Waals surface area contributed by atoms with Gasteiger partial charge in [-0.25, -0.2) is 0 Å². The second-order valence-corrected chi connectivity index (χ2v) is 7.85. The van der Waals surface area contributed by atoms with E-state index in [2.05, 4.69) is 12.2 Å². The molecule has 1 aliphatic rings. The number of aryl methyl sites for hydroxylation is 1. The van der Waals surface area contributed by atoms with Gasteiger partial charge in [-0.15, -0.1) is 0 Å². The number of halogens is 2. The van der Waals surface area contributed by atoms with Crippen LogP contribution in [-0.4, -0.2) is 42.5 Å². The number of nitrogens with one attached hydrogen (secondary N) is 1. The van der Waals surface area contributed by atoms with Gasteiger partial charge in [0.1, 0.15) is 5.75 Å².